The Morgan fingerprint density at radius 3 is 1.67 bits per heavy atom. The maximum atomic E-state index is 5.44. The van der Waals surface area contributed by atoms with Crippen molar-refractivity contribution in [3.05, 3.63) is 0 Å². The summed E-state index contributed by atoms with van der Waals surface area (Å²) < 4.78 is 10.9. The van der Waals surface area contributed by atoms with Gasteiger partial charge in [0.2, 0.25) is 0 Å². The summed E-state index contributed by atoms with van der Waals surface area (Å²) >= 11 is 0. The van der Waals surface area contributed by atoms with Gasteiger partial charge >= 0.3 is 0 Å². The Morgan fingerprint density at radius 2 is 1.56 bits per heavy atom. The minimum absolute atomic E-state index is 0.278. The van der Waals surface area contributed by atoms with Gasteiger partial charge in [-0.15, -0.1) is 0 Å². The second kappa shape index (κ2) is 1.50. The van der Waals surface area contributed by atoms with Gasteiger partial charge in [0, 0.05) is 5.41 Å². The quantitative estimate of drug-likeness (QED) is 0.480. The Hall–Kier alpha value is -0.0800. The van der Waals surface area contributed by atoms with Crippen LogP contribution in [0, 0.1) is 5.41 Å². The minimum atomic E-state index is 0.278. The third-order valence-corrected chi connectivity index (χ3v) is 2.56. The SMILES string of the molecule is CC1(C)C2COC1CO2. The Morgan fingerprint density at radius 1 is 1.11 bits per heavy atom. The van der Waals surface area contributed by atoms with Crippen LogP contribution in [0.15, 0.2) is 0 Å². The van der Waals surface area contributed by atoms with E-state index in [1.54, 1.807) is 0 Å². The Kier molecular flexibility index (Phi) is 0.945. The summed E-state index contributed by atoms with van der Waals surface area (Å²) in [6.07, 6.45) is 0.727. The van der Waals surface area contributed by atoms with Gasteiger partial charge in [0.25, 0.3) is 0 Å². The molecule has 0 spiro atoms. The Labute approximate surface area is 55.1 Å². The highest BCUT2D eigenvalue weighted by Gasteiger charge is 2.50. The smallest absolute Gasteiger partial charge is 0.0886 e. The lowest BCUT2D eigenvalue weighted by molar-refractivity contribution is -0.0376. The second-order valence-electron chi connectivity index (χ2n) is 3.47. The largest absolute Gasteiger partial charge is 0.372 e. The van der Waals surface area contributed by atoms with Gasteiger partial charge in [-0.2, -0.15) is 0 Å². The van der Waals surface area contributed by atoms with E-state index >= 15 is 0 Å². The van der Waals surface area contributed by atoms with Gasteiger partial charge in [0.15, 0.2) is 0 Å². The molecule has 0 aromatic rings. The fraction of sp³-hybridized carbons (Fsp3) is 1.00. The first-order valence-corrected chi connectivity index (χ1v) is 3.44. The molecule has 0 aliphatic carbocycles. The van der Waals surface area contributed by atoms with Gasteiger partial charge in [-0.3, -0.25) is 0 Å². The van der Waals surface area contributed by atoms with Crippen molar-refractivity contribution in [1.82, 2.24) is 0 Å². The van der Waals surface area contributed by atoms with Gasteiger partial charge < -0.3 is 9.47 Å². The zero-order valence-corrected chi connectivity index (χ0v) is 5.89. The maximum absolute atomic E-state index is 5.44. The van der Waals surface area contributed by atoms with E-state index in [0.717, 1.165) is 13.2 Å². The molecule has 2 unspecified atom stereocenters. The maximum Gasteiger partial charge on any atom is 0.0886 e. The lowest BCUT2D eigenvalue weighted by Gasteiger charge is -2.18. The molecule has 2 fully saturated rings. The van der Waals surface area contributed by atoms with Crippen molar-refractivity contribution >= 4 is 0 Å². The van der Waals surface area contributed by atoms with Crippen LogP contribution in [0.25, 0.3) is 0 Å². The van der Waals surface area contributed by atoms with Crippen LogP contribution >= 0.6 is 0 Å². The van der Waals surface area contributed by atoms with Crippen LogP contribution in [0.5, 0.6) is 0 Å². The van der Waals surface area contributed by atoms with E-state index < -0.39 is 0 Å². The summed E-state index contributed by atoms with van der Waals surface area (Å²) in [5.74, 6) is 0. The molecule has 2 nitrogen and oxygen atoms in total. The summed E-state index contributed by atoms with van der Waals surface area (Å²) in [5.41, 5.74) is 0.278. The van der Waals surface area contributed by atoms with E-state index in [-0.39, 0.29) is 5.41 Å². The van der Waals surface area contributed by atoms with Crippen molar-refractivity contribution in [2.75, 3.05) is 13.2 Å². The Balaban J connectivity index is 2.26. The van der Waals surface area contributed by atoms with E-state index in [0.29, 0.717) is 12.2 Å². The Bertz CT molecular complexity index is 109. The summed E-state index contributed by atoms with van der Waals surface area (Å²) in [4.78, 5) is 0. The average Bonchev–Trinajstić information content (AvgIpc) is 2.24. The normalized spacial score (nSPS) is 46.0. The molecule has 9 heavy (non-hydrogen) atoms. The summed E-state index contributed by atoms with van der Waals surface area (Å²) in [6.45, 7) is 6.03. The van der Waals surface area contributed by atoms with Crippen molar-refractivity contribution in [3.8, 4) is 0 Å². The molecule has 2 aliphatic heterocycles. The lowest BCUT2D eigenvalue weighted by Crippen LogP contribution is -2.25. The number of hydrogen-bond acceptors (Lipinski definition) is 2. The summed E-state index contributed by atoms with van der Waals surface area (Å²) in [6, 6.07) is 0. The van der Waals surface area contributed by atoms with Crippen LogP contribution in [0.3, 0.4) is 0 Å². The highest BCUT2D eigenvalue weighted by atomic mass is 16.6. The number of ether oxygens (including phenoxy) is 2. The molecular formula is C7H12O2. The van der Waals surface area contributed by atoms with Gasteiger partial charge in [0.05, 0.1) is 25.4 Å². The summed E-state index contributed by atoms with van der Waals surface area (Å²) in [7, 11) is 0. The molecule has 0 aromatic carbocycles. The van der Waals surface area contributed by atoms with Crippen LogP contribution in [-0.2, 0) is 9.47 Å². The minimum Gasteiger partial charge on any atom is -0.372 e. The molecule has 0 N–H and O–H groups in total. The summed E-state index contributed by atoms with van der Waals surface area (Å²) in [5, 5.41) is 0. The molecule has 2 saturated heterocycles. The van der Waals surface area contributed by atoms with Gasteiger partial charge in [-0.05, 0) is 0 Å². The van der Waals surface area contributed by atoms with Crippen molar-refractivity contribution in [3.63, 3.8) is 0 Å². The molecule has 0 saturated carbocycles. The van der Waals surface area contributed by atoms with Crippen molar-refractivity contribution in [1.29, 1.82) is 0 Å². The first-order valence-electron chi connectivity index (χ1n) is 3.44. The molecule has 0 aromatic heterocycles. The monoisotopic (exact) mass is 128 g/mol. The van der Waals surface area contributed by atoms with Crippen molar-refractivity contribution < 1.29 is 9.47 Å². The molecule has 2 heterocycles. The van der Waals surface area contributed by atoms with Gasteiger partial charge in [0.1, 0.15) is 0 Å². The third kappa shape index (κ3) is 0.578. The van der Waals surface area contributed by atoms with E-state index in [1.165, 1.54) is 0 Å². The number of hydrogen-bond donors (Lipinski definition) is 0. The number of rotatable bonds is 0. The zero-order valence-electron chi connectivity index (χ0n) is 5.89. The molecule has 2 heteroatoms. The fourth-order valence-electron chi connectivity index (χ4n) is 1.57. The highest BCUT2D eigenvalue weighted by molar-refractivity contribution is 4.97. The van der Waals surface area contributed by atoms with Crippen LogP contribution in [0.2, 0.25) is 0 Å². The standard InChI is InChI=1S/C7H12O2/c1-7(2)5-3-8-6(7)4-9-5/h5-6H,3-4H2,1-2H3. The van der Waals surface area contributed by atoms with Crippen molar-refractivity contribution in [2.45, 2.75) is 26.1 Å². The van der Waals surface area contributed by atoms with Gasteiger partial charge in [-0.25, -0.2) is 0 Å². The topological polar surface area (TPSA) is 18.5 Å². The van der Waals surface area contributed by atoms with Crippen LogP contribution in [0.4, 0.5) is 0 Å². The first kappa shape index (κ1) is 5.69. The van der Waals surface area contributed by atoms with Crippen LogP contribution < -0.4 is 0 Å². The third-order valence-electron chi connectivity index (χ3n) is 2.56. The molecule has 0 radical (unpaired) electrons. The van der Waals surface area contributed by atoms with Gasteiger partial charge in [-0.1, -0.05) is 13.8 Å². The van der Waals surface area contributed by atoms with Crippen molar-refractivity contribution in [2.24, 2.45) is 5.41 Å². The molecule has 2 rings (SSSR count). The number of fused-ring (bicyclic) bond motifs is 2. The predicted octanol–water partition coefficient (Wildman–Crippen LogP) is 0.810. The molecule has 2 atom stereocenters. The first-order chi connectivity index (χ1) is 4.21. The van der Waals surface area contributed by atoms with E-state index in [9.17, 15) is 0 Å². The van der Waals surface area contributed by atoms with E-state index in [4.69, 9.17) is 9.47 Å². The fourth-order valence-corrected chi connectivity index (χ4v) is 1.57. The lowest BCUT2D eigenvalue weighted by atomic mass is 9.86. The average molecular weight is 128 g/mol. The molecule has 2 bridgehead atoms. The van der Waals surface area contributed by atoms with Crippen LogP contribution in [0.1, 0.15) is 13.8 Å². The van der Waals surface area contributed by atoms with E-state index in [2.05, 4.69) is 13.8 Å². The highest BCUT2D eigenvalue weighted by Crippen LogP contribution is 2.41. The molecular weight excluding hydrogens is 116 g/mol. The van der Waals surface area contributed by atoms with Crippen LogP contribution in [-0.4, -0.2) is 25.4 Å². The second-order valence-corrected chi connectivity index (χ2v) is 3.47. The predicted molar refractivity (Wildman–Crippen MR) is 33.3 cm³/mol. The zero-order chi connectivity index (χ0) is 6.48. The van der Waals surface area contributed by atoms with E-state index in [1.807, 2.05) is 0 Å². The molecule has 0 amide bonds. The molecule has 2 aliphatic rings. The molecule has 52 valence electrons.